The standard InChI is InChI=1S/C15H11N3O3S/c1-9(14-17-13(18-21-14)12-7-4-8-19-12)22-15-16-10-5-2-3-6-11(10)20-15/h2-9H,1H3. The molecule has 110 valence electrons. The zero-order valence-corrected chi connectivity index (χ0v) is 12.4. The summed E-state index contributed by atoms with van der Waals surface area (Å²) in [6.07, 6.45) is 1.57. The SMILES string of the molecule is CC(Sc1nc2ccccc2o1)c1nc(-c2ccco2)no1. The molecule has 1 atom stereocenters. The molecule has 0 fully saturated rings. The molecule has 7 heteroatoms. The number of benzene rings is 1. The number of para-hydroxylation sites is 2. The lowest BCUT2D eigenvalue weighted by Crippen LogP contribution is -1.88. The quantitative estimate of drug-likeness (QED) is 0.519. The van der Waals surface area contributed by atoms with Gasteiger partial charge in [-0.2, -0.15) is 4.98 Å². The second-order valence-corrected chi connectivity index (χ2v) is 5.93. The molecule has 3 heterocycles. The van der Waals surface area contributed by atoms with Crippen molar-refractivity contribution in [1.29, 1.82) is 0 Å². The second kappa shape index (κ2) is 5.34. The molecule has 1 unspecified atom stereocenters. The highest BCUT2D eigenvalue weighted by Crippen LogP contribution is 2.35. The number of thioether (sulfide) groups is 1. The molecule has 0 aliphatic heterocycles. The summed E-state index contributed by atoms with van der Waals surface area (Å²) in [4.78, 5) is 8.76. The number of nitrogens with zero attached hydrogens (tertiary/aromatic N) is 3. The molecule has 4 rings (SSSR count). The monoisotopic (exact) mass is 313 g/mol. The Bertz CT molecular complexity index is 865. The summed E-state index contributed by atoms with van der Waals surface area (Å²) >= 11 is 1.43. The van der Waals surface area contributed by atoms with Gasteiger partial charge in [0.05, 0.1) is 11.5 Å². The van der Waals surface area contributed by atoms with E-state index in [2.05, 4.69) is 15.1 Å². The molecule has 0 spiro atoms. The van der Waals surface area contributed by atoms with Gasteiger partial charge in [0.2, 0.25) is 11.7 Å². The van der Waals surface area contributed by atoms with E-state index in [1.54, 1.807) is 18.4 Å². The van der Waals surface area contributed by atoms with Crippen molar-refractivity contribution in [3.8, 4) is 11.6 Å². The van der Waals surface area contributed by atoms with Crippen molar-refractivity contribution >= 4 is 22.9 Å². The van der Waals surface area contributed by atoms with Crippen LogP contribution in [0.15, 0.2) is 61.2 Å². The molecule has 3 aromatic heterocycles. The summed E-state index contributed by atoms with van der Waals surface area (Å²) in [7, 11) is 0. The number of hydrogen-bond donors (Lipinski definition) is 0. The van der Waals surface area contributed by atoms with Gasteiger partial charge in [-0.15, -0.1) is 0 Å². The van der Waals surface area contributed by atoms with Gasteiger partial charge < -0.3 is 13.4 Å². The maximum absolute atomic E-state index is 5.68. The fourth-order valence-corrected chi connectivity index (χ4v) is 2.80. The van der Waals surface area contributed by atoms with Gasteiger partial charge in [0, 0.05) is 0 Å². The molecule has 0 saturated heterocycles. The van der Waals surface area contributed by atoms with Crippen LogP contribution in [0.1, 0.15) is 18.1 Å². The lowest BCUT2D eigenvalue weighted by atomic mass is 10.3. The number of aromatic nitrogens is 3. The third-order valence-corrected chi connectivity index (χ3v) is 4.01. The van der Waals surface area contributed by atoms with E-state index in [9.17, 15) is 0 Å². The van der Waals surface area contributed by atoms with Crippen molar-refractivity contribution < 1.29 is 13.4 Å². The van der Waals surface area contributed by atoms with Crippen LogP contribution >= 0.6 is 11.8 Å². The lowest BCUT2D eigenvalue weighted by molar-refractivity contribution is 0.378. The average Bonchev–Trinajstić information content (AvgIpc) is 3.26. The van der Waals surface area contributed by atoms with E-state index in [1.165, 1.54) is 11.8 Å². The molecule has 1 aromatic carbocycles. The van der Waals surface area contributed by atoms with E-state index in [-0.39, 0.29) is 5.25 Å². The van der Waals surface area contributed by atoms with Crippen molar-refractivity contribution in [3.63, 3.8) is 0 Å². The minimum absolute atomic E-state index is 0.0794. The van der Waals surface area contributed by atoms with Crippen molar-refractivity contribution in [2.75, 3.05) is 0 Å². The van der Waals surface area contributed by atoms with Crippen LogP contribution in [0, 0.1) is 0 Å². The van der Waals surface area contributed by atoms with E-state index in [0.29, 0.717) is 22.7 Å². The molecular weight excluding hydrogens is 302 g/mol. The molecule has 0 aliphatic rings. The Kier molecular flexibility index (Phi) is 3.19. The van der Waals surface area contributed by atoms with E-state index in [1.807, 2.05) is 31.2 Å². The Balaban J connectivity index is 1.55. The van der Waals surface area contributed by atoms with Gasteiger partial charge in [0.25, 0.3) is 5.22 Å². The van der Waals surface area contributed by atoms with Gasteiger partial charge in [0.15, 0.2) is 11.3 Å². The zero-order chi connectivity index (χ0) is 14.9. The van der Waals surface area contributed by atoms with Crippen LogP contribution in [0.25, 0.3) is 22.7 Å². The topological polar surface area (TPSA) is 78.1 Å². The van der Waals surface area contributed by atoms with Crippen LogP contribution in [-0.2, 0) is 0 Å². The maximum atomic E-state index is 5.68. The molecule has 0 amide bonds. The highest BCUT2D eigenvalue weighted by molar-refractivity contribution is 7.99. The third-order valence-electron chi connectivity index (χ3n) is 3.08. The first kappa shape index (κ1) is 13.1. The van der Waals surface area contributed by atoms with Crippen LogP contribution in [0.5, 0.6) is 0 Å². The number of rotatable bonds is 4. The van der Waals surface area contributed by atoms with E-state index in [4.69, 9.17) is 13.4 Å². The fourth-order valence-electron chi connectivity index (χ4n) is 2.01. The van der Waals surface area contributed by atoms with Crippen molar-refractivity contribution in [3.05, 3.63) is 48.6 Å². The van der Waals surface area contributed by atoms with Crippen molar-refractivity contribution in [1.82, 2.24) is 15.1 Å². The van der Waals surface area contributed by atoms with Crippen LogP contribution in [0.4, 0.5) is 0 Å². The summed E-state index contributed by atoms with van der Waals surface area (Å²) in [6.45, 7) is 1.96. The van der Waals surface area contributed by atoms with Gasteiger partial charge in [0.1, 0.15) is 5.52 Å². The minimum atomic E-state index is -0.0794. The lowest BCUT2D eigenvalue weighted by Gasteiger charge is -2.00. The normalized spacial score (nSPS) is 12.8. The van der Waals surface area contributed by atoms with Gasteiger partial charge >= 0.3 is 0 Å². The molecule has 6 nitrogen and oxygen atoms in total. The second-order valence-electron chi connectivity index (χ2n) is 4.64. The minimum Gasteiger partial charge on any atom is -0.461 e. The van der Waals surface area contributed by atoms with E-state index >= 15 is 0 Å². The smallest absolute Gasteiger partial charge is 0.257 e. The van der Waals surface area contributed by atoms with Crippen LogP contribution in [0.2, 0.25) is 0 Å². The van der Waals surface area contributed by atoms with Crippen LogP contribution < -0.4 is 0 Å². The molecule has 0 bridgehead atoms. The van der Waals surface area contributed by atoms with Crippen molar-refractivity contribution in [2.45, 2.75) is 17.4 Å². The Hall–Kier alpha value is -2.54. The largest absolute Gasteiger partial charge is 0.461 e. The summed E-state index contributed by atoms with van der Waals surface area (Å²) < 4.78 is 16.2. The fraction of sp³-hybridized carbons (Fsp3) is 0.133. The van der Waals surface area contributed by atoms with Crippen molar-refractivity contribution in [2.24, 2.45) is 0 Å². The van der Waals surface area contributed by atoms with Gasteiger partial charge in [-0.25, -0.2) is 4.98 Å². The molecule has 0 aliphatic carbocycles. The Morgan fingerprint density at radius 2 is 2.00 bits per heavy atom. The number of fused-ring (bicyclic) bond motifs is 1. The first-order valence-corrected chi connectivity index (χ1v) is 7.57. The van der Waals surface area contributed by atoms with Gasteiger partial charge in [-0.1, -0.05) is 29.1 Å². The summed E-state index contributed by atoms with van der Waals surface area (Å²) in [6, 6.07) is 11.2. The predicted molar refractivity (Wildman–Crippen MR) is 80.3 cm³/mol. The highest BCUT2D eigenvalue weighted by Gasteiger charge is 2.20. The van der Waals surface area contributed by atoms with E-state index in [0.717, 1.165) is 11.1 Å². The Labute approximate surface area is 129 Å². The third kappa shape index (κ3) is 2.39. The molecule has 22 heavy (non-hydrogen) atoms. The molecule has 0 N–H and O–H groups in total. The van der Waals surface area contributed by atoms with E-state index < -0.39 is 0 Å². The van der Waals surface area contributed by atoms with Gasteiger partial charge in [-0.05, 0) is 31.2 Å². The van der Waals surface area contributed by atoms with Gasteiger partial charge in [-0.3, -0.25) is 0 Å². The highest BCUT2D eigenvalue weighted by atomic mass is 32.2. The van der Waals surface area contributed by atoms with Crippen LogP contribution in [-0.4, -0.2) is 15.1 Å². The number of furan rings is 1. The summed E-state index contributed by atoms with van der Waals surface area (Å²) in [5.41, 5.74) is 1.60. The van der Waals surface area contributed by atoms with Crippen LogP contribution in [0.3, 0.4) is 0 Å². The predicted octanol–water partition coefficient (Wildman–Crippen LogP) is 4.32. The molecular formula is C15H11N3O3S. The number of oxazole rings is 1. The maximum Gasteiger partial charge on any atom is 0.257 e. The first-order chi connectivity index (χ1) is 10.8. The first-order valence-electron chi connectivity index (χ1n) is 6.69. The Morgan fingerprint density at radius 3 is 2.82 bits per heavy atom. The number of hydrogen-bond acceptors (Lipinski definition) is 7. The Morgan fingerprint density at radius 1 is 1.09 bits per heavy atom. The summed E-state index contributed by atoms with van der Waals surface area (Å²) in [5, 5.41) is 4.42. The molecule has 4 aromatic rings. The molecule has 0 radical (unpaired) electrons. The summed E-state index contributed by atoms with van der Waals surface area (Å²) in [5.74, 6) is 1.51. The zero-order valence-electron chi connectivity index (χ0n) is 11.6. The molecule has 0 saturated carbocycles. The average molecular weight is 313 g/mol.